The Morgan fingerprint density at radius 3 is 2.56 bits per heavy atom. The van der Waals surface area contributed by atoms with Crippen molar-refractivity contribution in [1.29, 1.82) is 0 Å². The lowest BCUT2D eigenvalue weighted by molar-refractivity contribution is -0.0379. The van der Waals surface area contributed by atoms with Gasteiger partial charge >= 0.3 is 0 Å². The maximum absolute atomic E-state index is 13.9. The number of nitrogens with zero attached hydrogens (tertiary/aromatic N) is 4. The van der Waals surface area contributed by atoms with Crippen LogP contribution in [-0.4, -0.2) is 42.6 Å². The van der Waals surface area contributed by atoms with Gasteiger partial charge in [0.15, 0.2) is 0 Å². The summed E-state index contributed by atoms with van der Waals surface area (Å²) in [7, 11) is 5.61. The second-order valence-electron chi connectivity index (χ2n) is 9.54. The smallest absolute Gasteiger partial charge is 0.268 e. The first-order valence-electron chi connectivity index (χ1n) is 11.7. The van der Waals surface area contributed by atoms with E-state index in [9.17, 15) is 4.79 Å². The molecule has 0 spiro atoms. The molecule has 4 aromatic rings. The molecule has 0 saturated heterocycles. The average molecular weight is 504 g/mol. The fourth-order valence-electron chi connectivity index (χ4n) is 4.26. The number of aromatic nitrogens is 2. The summed E-state index contributed by atoms with van der Waals surface area (Å²) in [6.45, 7) is 4.57. The van der Waals surface area contributed by atoms with Gasteiger partial charge < -0.3 is 14.4 Å². The molecule has 0 aliphatic carbocycles. The Morgan fingerprint density at radius 1 is 1.17 bits per heavy atom. The molecule has 0 fully saturated rings. The summed E-state index contributed by atoms with van der Waals surface area (Å²) in [4.78, 5) is 22.6. The van der Waals surface area contributed by atoms with Crippen LogP contribution in [0.25, 0.3) is 15.9 Å². The summed E-state index contributed by atoms with van der Waals surface area (Å²) >= 11 is 1.51. The minimum Gasteiger partial charge on any atom is -0.497 e. The molecule has 36 heavy (non-hydrogen) atoms. The maximum atomic E-state index is 13.9. The highest BCUT2D eigenvalue weighted by atomic mass is 32.1. The summed E-state index contributed by atoms with van der Waals surface area (Å²) in [5.74, 6) is 1.05. The second-order valence-corrected chi connectivity index (χ2v) is 10.6. The zero-order valence-corrected chi connectivity index (χ0v) is 21.8. The van der Waals surface area contributed by atoms with Crippen LogP contribution in [0.4, 0.5) is 11.6 Å². The zero-order valence-electron chi connectivity index (χ0n) is 21.0. The SMILES string of the molecule is COc1ccc(-n2c(N/N=C\c3ccc(N(C)C)cc3)nc3sc4c(c3c2=O)CC(C)(C)OC4)cc1. The van der Waals surface area contributed by atoms with E-state index in [0.717, 1.165) is 21.7 Å². The first-order chi connectivity index (χ1) is 17.3. The molecular weight excluding hydrogens is 474 g/mol. The first kappa shape index (κ1) is 24.0. The molecule has 1 aliphatic heterocycles. The number of hydrogen-bond donors (Lipinski definition) is 1. The highest BCUT2D eigenvalue weighted by Gasteiger charge is 2.31. The van der Waals surface area contributed by atoms with E-state index in [1.807, 2.05) is 81.4 Å². The van der Waals surface area contributed by atoms with Crippen LogP contribution in [0.1, 0.15) is 29.9 Å². The van der Waals surface area contributed by atoms with Gasteiger partial charge in [-0.1, -0.05) is 12.1 Å². The molecule has 5 rings (SSSR count). The molecule has 2 aromatic carbocycles. The van der Waals surface area contributed by atoms with Crippen molar-refractivity contribution < 1.29 is 9.47 Å². The van der Waals surface area contributed by atoms with Crippen LogP contribution < -0.4 is 20.6 Å². The summed E-state index contributed by atoms with van der Waals surface area (Å²) in [5, 5.41) is 5.05. The van der Waals surface area contributed by atoms with Crippen molar-refractivity contribution >= 4 is 39.4 Å². The third-order valence-corrected chi connectivity index (χ3v) is 7.32. The number of hydrogen-bond acceptors (Lipinski definition) is 8. The number of rotatable bonds is 6. The molecule has 0 atom stereocenters. The van der Waals surface area contributed by atoms with Gasteiger partial charge in [-0.25, -0.2) is 15.0 Å². The van der Waals surface area contributed by atoms with Crippen molar-refractivity contribution in [3.8, 4) is 11.4 Å². The molecule has 2 aromatic heterocycles. The number of methoxy groups -OCH3 is 1. The van der Waals surface area contributed by atoms with Gasteiger partial charge in [0.2, 0.25) is 5.95 Å². The Hall–Kier alpha value is -3.69. The van der Waals surface area contributed by atoms with Gasteiger partial charge in [0.1, 0.15) is 10.6 Å². The minimum atomic E-state index is -0.332. The summed E-state index contributed by atoms with van der Waals surface area (Å²) in [5.41, 5.74) is 6.29. The molecule has 0 radical (unpaired) electrons. The van der Waals surface area contributed by atoms with Crippen LogP contribution in [-0.2, 0) is 17.8 Å². The van der Waals surface area contributed by atoms with E-state index in [1.54, 1.807) is 17.9 Å². The quantitative estimate of drug-likeness (QED) is 0.300. The van der Waals surface area contributed by atoms with E-state index in [1.165, 1.54) is 11.3 Å². The number of benzene rings is 2. The second kappa shape index (κ2) is 9.40. The van der Waals surface area contributed by atoms with Gasteiger partial charge in [-0.05, 0) is 61.4 Å². The van der Waals surface area contributed by atoms with Crippen molar-refractivity contribution in [3.63, 3.8) is 0 Å². The summed E-state index contributed by atoms with van der Waals surface area (Å²) < 4.78 is 12.9. The van der Waals surface area contributed by atoms with E-state index in [0.29, 0.717) is 40.6 Å². The van der Waals surface area contributed by atoms with Crippen LogP contribution in [0.15, 0.2) is 58.4 Å². The fourth-order valence-corrected chi connectivity index (χ4v) is 5.35. The molecule has 1 N–H and O–H groups in total. The van der Waals surface area contributed by atoms with E-state index in [2.05, 4.69) is 10.5 Å². The highest BCUT2D eigenvalue weighted by molar-refractivity contribution is 7.18. The number of nitrogens with one attached hydrogen (secondary N) is 1. The molecule has 3 heterocycles. The number of hydrazone groups is 1. The molecule has 0 amide bonds. The average Bonchev–Trinajstić information content (AvgIpc) is 3.21. The fraction of sp³-hybridized carbons (Fsp3) is 0.296. The van der Waals surface area contributed by atoms with Crippen LogP contribution in [0.5, 0.6) is 5.75 Å². The molecule has 0 saturated carbocycles. The lowest BCUT2D eigenvalue weighted by Crippen LogP contribution is -2.32. The van der Waals surface area contributed by atoms with Crippen LogP contribution in [0.3, 0.4) is 0 Å². The van der Waals surface area contributed by atoms with Crippen LogP contribution >= 0.6 is 11.3 Å². The zero-order chi connectivity index (χ0) is 25.4. The number of fused-ring (bicyclic) bond motifs is 3. The third kappa shape index (κ3) is 4.59. The minimum absolute atomic E-state index is 0.131. The molecular formula is C27H29N5O3S. The summed E-state index contributed by atoms with van der Waals surface area (Å²) in [6, 6.07) is 15.4. The monoisotopic (exact) mass is 503 g/mol. The topological polar surface area (TPSA) is 81.0 Å². The predicted molar refractivity (Wildman–Crippen MR) is 146 cm³/mol. The first-order valence-corrected chi connectivity index (χ1v) is 12.5. The van der Waals surface area contributed by atoms with Gasteiger partial charge in [0.05, 0.1) is 36.6 Å². The van der Waals surface area contributed by atoms with Gasteiger partial charge in [-0.15, -0.1) is 11.3 Å². The third-order valence-electron chi connectivity index (χ3n) is 6.22. The molecule has 0 bridgehead atoms. The molecule has 1 aliphatic rings. The van der Waals surface area contributed by atoms with Crippen LogP contribution in [0, 0.1) is 0 Å². The molecule has 0 unspecified atom stereocenters. The number of thiophene rings is 1. The lowest BCUT2D eigenvalue weighted by Gasteiger charge is -2.29. The number of ether oxygens (including phenoxy) is 2. The molecule has 186 valence electrons. The Balaban J connectivity index is 1.58. The highest BCUT2D eigenvalue weighted by Crippen LogP contribution is 2.37. The number of anilines is 2. The van der Waals surface area contributed by atoms with Gasteiger partial charge in [-0.2, -0.15) is 5.10 Å². The van der Waals surface area contributed by atoms with Gasteiger partial charge in [0, 0.05) is 31.1 Å². The Labute approximate surface area is 213 Å². The van der Waals surface area contributed by atoms with Crippen molar-refractivity contribution in [3.05, 3.63) is 74.9 Å². The van der Waals surface area contributed by atoms with E-state index in [-0.39, 0.29) is 11.2 Å². The lowest BCUT2D eigenvalue weighted by atomic mass is 9.94. The van der Waals surface area contributed by atoms with Crippen molar-refractivity contribution in [2.24, 2.45) is 5.10 Å². The largest absolute Gasteiger partial charge is 0.497 e. The Kier molecular flexibility index (Phi) is 6.27. The predicted octanol–water partition coefficient (Wildman–Crippen LogP) is 4.82. The van der Waals surface area contributed by atoms with Gasteiger partial charge in [-0.3, -0.25) is 4.79 Å². The Morgan fingerprint density at radius 2 is 1.89 bits per heavy atom. The van der Waals surface area contributed by atoms with E-state index < -0.39 is 0 Å². The van der Waals surface area contributed by atoms with E-state index >= 15 is 0 Å². The standard InChI is InChI=1S/C27H29N5O3S/c1-27(2)14-21-22(16-35-27)36-24-23(21)25(33)32(19-10-12-20(34-5)13-11-19)26(29-24)30-28-15-17-6-8-18(9-7-17)31(3)4/h6-13,15H,14,16H2,1-5H3,(H,29,30)/b28-15-. The van der Waals surface area contributed by atoms with Crippen LogP contribution in [0.2, 0.25) is 0 Å². The van der Waals surface area contributed by atoms with E-state index in [4.69, 9.17) is 14.5 Å². The van der Waals surface area contributed by atoms with Crippen molar-refractivity contribution in [2.75, 3.05) is 31.5 Å². The maximum Gasteiger partial charge on any atom is 0.268 e. The molecule has 8 nitrogen and oxygen atoms in total. The van der Waals surface area contributed by atoms with Crippen molar-refractivity contribution in [1.82, 2.24) is 9.55 Å². The molecule has 9 heteroatoms. The normalized spacial score (nSPS) is 14.7. The van der Waals surface area contributed by atoms with Crippen molar-refractivity contribution in [2.45, 2.75) is 32.5 Å². The Bertz CT molecular complexity index is 1490. The summed E-state index contributed by atoms with van der Waals surface area (Å²) in [6.07, 6.45) is 2.37. The van der Waals surface area contributed by atoms with Gasteiger partial charge in [0.25, 0.3) is 5.56 Å².